The summed E-state index contributed by atoms with van der Waals surface area (Å²) in [7, 11) is 0. The fourth-order valence-corrected chi connectivity index (χ4v) is 3.68. The lowest BCUT2D eigenvalue weighted by atomic mass is 10.2. The third kappa shape index (κ3) is 3.42. The normalized spacial score (nSPS) is 17.7. The van der Waals surface area contributed by atoms with E-state index in [2.05, 4.69) is 52.0 Å². The van der Waals surface area contributed by atoms with Crippen LogP contribution in [-0.2, 0) is 13.1 Å². The number of aromatic nitrogens is 2. The van der Waals surface area contributed by atoms with Gasteiger partial charge in [0.25, 0.3) is 5.91 Å². The van der Waals surface area contributed by atoms with Crippen LogP contribution in [0.1, 0.15) is 35.0 Å². The number of nitrogens with zero attached hydrogens (tertiary/aromatic N) is 5. The highest BCUT2D eigenvalue weighted by atomic mass is 16.2. The van der Waals surface area contributed by atoms with Crippen LogP contribution in [0.5, 0.6) is 0 Å². The molecule has 26 heavy (non-hydrogen) atoms. The number of carbonyl (C=O) groups excluding carboxylic acids is 1. The predicted octanol–water partition coefficient (Wildman–Crippen LogP) is 2.16. The van der Waals surface area contributed by atoms with E-state index >= 15 is 0 Å². The molecule has 1 aromatic carbocycles. The molecule has 6 heteroatoms. The summed E-state index contributed by atoms with van der Waals surface area (Å²) in [6.45, 7) is 8.29. The topological polar surface area (TPSA) is 52.6 Å². The van der Waals surface area contributed by atoms with Gasteiger partial charge in [-0.1, -0.05) is 37.3 Å². The Morgan fingerprint density at radius 1 is 1.08 bits per heavy atom. The largest absolute Gasteiger partial charge is 0.338 e. The summed E-state index contributed by atoms with van der Waals surface area (Å²) in [5.41, 5.74) is 2.90. The SMILES string of the molecule is CCCN1Cc2nc(N3CCN(Cc4ccccc4)CC3)ncc2C1=O. The zero-order chi connectivity index (χ0) is 17.9. The number of carbonyl (C=O) groups is 1. The molecule has 0 N–H and O–H groups in total. The average molecular weight is 351 g/mol. The smallest absolute Gasteiger partial charge is 0.257 e. The van der Waals surface area contributed by atoms with Crippen molar-refractivity contribution in [1.29, 1.82) is 0 Å². The molecule has 0 spiro atoms. The fourth-order valence-electron chi connectivity index (χ4n) is 3.68. The molecule has 1 fully saturated rings. The molecular formula is C20H25N5O. The number of benzene rings is 1. The van der Waals surface area contributed by atoms with E-state index < -0.39 is 0 Å². The lowest BCUT2D eigenvalue weighted by Gasteiger charge is -2.34. The molecule has 4 rings (SSSR count). The molecule has 0 atom stereocenters. The molecular weight excluding hydrogens is 326 g/mol. The molecule has 2 aromatic rings. The van der Waals surface area contributed by atoms with E-state index in [1.54, 1.807) is 6.20 Å². The molecule has 0 radical (unpaired) electrons. The zero-order valence-corrected chi connectivity index (χ0v) is 15.3. The second-order valence-electron chi connectivity index (χ2n) is 7.01. The Hall–Kier alpha value is -2.47. The van der Waals surface area contributed by atoms with Crippen LogP contribution in [0, 0.1) is 0 Å². The van der Waals surface area contributed by atoms with Crippen LogP contribution >= 0.6 is 0 Å². The first-order valence-electron chi connectivity index (χ1n) is 9.41. The van der Waals surface area contributed by atoms with Gasteiger partial charge in [0.1, 0.15) is 0 Å². The minimum Gasteiger partial charge on any atom is -0.338 e. The Labute approximate surface area is 154 Å². The summed E-state index contributed by atoms with van der Waals surface area (Å²) in [6, 6.07) is 10.6. The van der Waals surface area contributed by atoms with E-state index in [1.165, 1.54) is 5.56 Å². The van der Waals surface area contributed by atoms with Crippen molar-refractivity contribution in [2.24, 2.45) is 0 Å². The summed E-state index contributed by atoms with van der Waals surface area (Å²) in [5.74, 6) is 0.829. The quantitative estimate of drug-likeness (QED) is 0.826. The third-order valence-electron chi connectivity index (χ3n) is 5.11. The van der Waals surface area contributed by atoms with E-state index in [1.807, 2.05) is 4.90 Å². The van der Waals surface area contributed by atoms with E-state index in [0.717, 1.165) is 57.3 Å². The predicted molar refractivity (Wildman–Crippen MR) is 101 cm³/mol. The zero-order valence-electron chi connectivity index (χ0n) is 15.3. The molecule has 2 aliphatic rings. The van der Waals surface area contributed by atoms with E-state index in [9.17, 15) is 4.79 Å². The molecule has 6 nitrogen and oxygen atoms in total. The van der Waals surface area contributed by atoms with Crippen LogP contribution in [0.25, 0.3) is 0 Å². The van der Waals surface area contributed by atoms with Crippen molar-refractivity contribution in [2.45, 2.75) is 26.4 Å². The molecule has 2 aliphatic heterocycles. The monoisotopic (exact) mass is 351 g/mol. The van der Waals surface area contributed by atoms with Gasteiger partial charge >= 0.3 is 0 Å². The Morgan fingerprint density at radius 2 is 1.85 bits per heavy atom. The lowest BCUT2D eigenvalue weighted by molar-refractivity contribution is 0.0778. The number of piperazine rings is 1. The van der Waals surface area contributed by atoms with Crippen LogP contribution in [0.3, 0.4) is 0 Å². The van der Waals surface area contributed by atoms with Gasteiger partial charge in [-0.2, -0.15) is 0 Å². The van der Waals surface area contributed by atoms with Gasteiger partial charge in [-0.25, -0.2) is 9.97 Å². The standard InChI is InChI=1S/C20H25N5O/c1-2-8-25-15-18-17(19(25)26)13-21-20(22-18)24-11-9-23(10-12-24)14-16-6-4-3-5-7-16/h3-7,13H,2,8-12,14-15H2,1H3. The molecule has 0 bridgehead atoms. The van der Waals surface area contributed by atoms with Gasteiger partial charge in [0, 0.05) is 45.5 Å². The van der Waals surface area contributed by atoms with Gasteiger partial charge in [-0.05, 0) is 12.0 Å². The first-order valence-corrected chi connectivity index (χ1v) is 9.41. The minimum atomic E-state index is 0.0704. The first-order chi connectivity index (χ1) is 12.7. The van der Waals surface area contributed by atoms with Crippen LogP contribution in [-0.4, -0.2) is 58.4 Å². The van der Waals surface area contributed by atoms with Gasteiger partial charge < -0.3 is 9.80 Å². The second-order valence-corrected chi connectivity index (χ2v) is 7.01. The maximum absolute atomic E-state index is 12.3. The maximum Gasteiger partial charge on any atom is 0.257 e. The van der Waals surface area contributed by atoms with E-state index in [-0.39, 0.29) is 5.91 Å². The van der Waals surface area contributed by atoms with Crippen molar-refractivity contribution in [1.82, 2.24) is 19.8 Å². The summed E-state index contributed by atoms with van der Waals surface area (Å²) in [4.78, 5) is 28.1. The van der Waals surface area contributed by atoms with Crippen molar-refractivity contribution in [2.75, 3.05) is 37.6 Å². The van der Waals surface area contributed by atoms with Gasteiger partial charge in [-0.15, -0.1) is 0 Å². The number of fused-ring (bicyclic) bond motifs is 1. The molecule has 1 saturated heterocycles. The summed E-state index contributed by atoms with van der Waals surface area (Å²) < 4.78 is 0. The Bertz CT molecular complexity index is 771. The highest BCUT2D eigenvalue weighted by Gasteiger charge is 2.30. The van der Waals surface area contributed by atoms with Crippen LogP contribution in [0.4, 0.5) is 5.95 Å². The number of rotatable bonds is 5. The fraction of sp³-hybridized carbons (Fsp3) is 0.450. The van der Waals surface area contributed by atoms with Crippen LogP contribution in [0.2, 0.25) is 0 Å². The highest BCUT2D eigenvalue weighted by Crippen LogP contribution is 2.23. The molecule has 3 heterocycles. The summed E-state index contributed by atoms with van der Waals surface area (Å²) >= 11 is 0. The first kappa shape index (κ1) is 17.0. The number of anilines is 1. The van der Waals surface area contributed by atoms with Crippen molar-refractivity contribution >= 4 is 11.9 Å². The Kier molecular flexibility index (Phi) is 4.84. The van der Waals surface area contributed by atoms with Crippen molar-refractivity contribution < 1.29 is 4.79 Å². The molecule has 1 amide bonds. The number of hydrogen-bond donors (Lipinski definition) is 0. The second kappa shape index (κ2) is 7.41. The van der Waals surface area contributed by atoms with Crippen molar-refractivity contribution in [3.8, 4) is 0 Å². The number of amides is 1. The highest BCUT2D eigenvalue weighted by molar-refractivity contribution is 5.97. The minimum absolute atomic E-state index is 0.0704. The third-order valence-corrected chi connectivity index (χ3v) is 5.11. The van der Waals surface area contributed by atoms with Crippen LogP contribution < -0.4 is 4.90 Å². The number of hydrogen-bond acceptors (Lipinski definition) is 5. The Morgan fingerprint density at radius 3 is 2.58 bits per heavy atom. The van der Waals surface area contributed by atoms with E-state index in [0.29, 0.717) is 12.1 Å². The van der Waals surface area contributed by atoms with Crippen molar-refractivity contribution in [3.05, 3.63) is 53.3 Å². The molecule has 1 aromatic heterocycles. The van der Waals surface area contributed by atoms with Gasteiger partial charge in [0.2, 0.25) is 5.95 Å². The molecule has 0 saturated carbocycles. The van der Waals surface area contributed by atoms with E-state index in [4.69, 9.17) is 4.98 Å². The van der Waals surface area contributed by atoms with Gasteiger partial charge in [0.15, 0.2) is 0 Å². The lowest BCUT2D eigenvalue weighted by Crippen LogP contribution is -2.46. The molecule has 0 aliphatic carbocycles. The van der Waals surface area contributed by atoms with Gasteiger partial charge in [0.05, 0.1) is 17.8 Å². The van der Waals surface area contributed by atoms with Crippen molar-refractivity contribution in [3.63, 3.8) is 0 Å². The van der Waals surface area contributed by atoms with Crippen LogP contribution in [0.15, 0.2) is 36.5 Å². The maximum atomic E-state index is 12.3. The molecule has 0 unspecified atom stereocenters. The summed E-state index contributed by atoms with van der Waals surface area (Å²) in [5, 5.41) is 0. The Balaban J connectivity index is 1.38. The average Bonchev–Trinajstić information content (AvgIpc) is 2.99. The van der Waals surface area contributed by atoms with Gasteiger partial charge in [-0.3, -0.25) is 9.69 Å². The summed E-state index contributed by atoms with van der Waals surface area (Å²) in [6.07, 6.45) is 2.68. The molecule has 136 valence electrons.